The van der Waals surface area contributed by atoms with Crippen LogP contribution < -0.4 is 0 Å². The number of hydrogen-bond acceptors (Lipinski definition) is 4. The van der Waals surface area contributed by atoms with Crippen molar-refractivity contribution < 1.29 is 4.55 Å². The van der Waals surface area contributed by atoms with Crippen LogP contribution in [0.1, 0.15) is 25.5 Å². The first kappa shape index (κ1) is 13.3. The minimum absolute atomic E-state index is 0.239. The molecule has 3 aromatic rings. The van der Waals surface area contributed by atoms with Gasteiger partial charge in [0, 0.05) is 34.2 Å². The molecule has 1 aromatic carbocycles. The minimum Gasteiger partial charge on any atom is -0.609 e. The van der Waals surface area contributed by atoms with Gasteiger partial charge in [-0.1, -0.05) is 0 Å². The molecule has 104 valence electrons. The van der Waals surface area contributed by atoms with Gasteiger partial charge in [-0.15, -0.1) is 0 Å². The summed E-state index contributed by atoms with van der Waals surface area (Å²) in [5.41, 5.74) is 2.95. The van der Waals surface area contributed by atoms with Gasteiger partial charge < -0.3 is 4.55 Å². The van der Waals surface area contributed by atoms with E-state index in [1.54, 1.807) is 12.5 Å². The van der Waals surface area contributed by atoms with E-state index >= 15 is 0 Å². The van der Waals surface area contributed by atoms with Crippen LogP contribution in [0.3, 0.4) is 0 Å². The van der Waals surface area contributed by atoms with Crippen molar-refractivity contribution in [1.29, 1.82) is 0 Å². The van der Waals surface area contributed by atoms with Gasteiger partial charge in [0.2, 0.25) is 0 Å². The maximum absolute atomic E-state index is 11.6. The van der Waals surface area contributed by atoms with Crippen LogP contribution in [0.2, 0.25) is 0 Å². The van der Waals surface area contributed by atoms with Crippen LogP contribution in [0.5, 0.6) is 0 Å². The van der Waals surface area contributed by atoms with E-state index in [1.807, 2.05) is 16.9 Å². The molecule has 3 rings (SSSR count). The zero-order valence-corrected chi connectivity index (χ0v) is 12.7. The Hall–Kier alpha value is -1.66. The summed E-state index contributed by atoms with van der Waals surface area (Å²) < 4.78 is 13.6. The second kappa shape index (κ2) is 4.71. The topological polar surface area (TPSA) is 66.7 Å². The highest BCUT2D eigenvalue weighted by Gasteiger charge is 2.16. The Balaban J connectivity index is 2.46. The van der Waals surface area contributed by atoms with E-state index in [0.717, 1.165) is 27.4 Å². The molecule has 20 heavy (non-hydrogen) atoms. The number of benzene rings is 1. The highest BCUT2D eigenvalue weighted by Crippen LogP contribution is 2.29. The third-order valence-electron chi connectivity index (χ3n) is 3.36. The lowest BCUT2D eigenvalue weighted by atomic mass is 10.1. The summed E-state index contributed by atoms with van der Waals surface area (Å²) in [7, 11) is 0. The van der Waals surface area contributed by atoms with Gasteiger partial charge in [-0.05, 0) is 32.4 Å². The summed E-state index contributed by atoms with van der Waals surface area (Å²) in [6.07, 6.45) is 5.20. The van der Waals surface area contributed by atoms with Crippen molar-refractivity contribution in [3.63, 3.8) is 0 Å². The fourth-order valence-electron chi connectivity index (χ4n) is 2.40. The maximum atomic E-state index is 11.6. The number of fused-ring (bicyclic) bond motifs is 3. The Kier molecular flexibility index (Phi) is 3.14. The molecule has 0 aliphatic heterocycles. The van der Waals surface area contributed by atoms with E-state index in [9.17, 15) is 4.55 Å². The van der Waals surface area contributed by atoms with E-state index < -0.39 is 11.2 Å². The molecule has 0 saturated heterocycles. The number of hydrogen-bond donors (Lipinski definition) is 0. The van der Waals surface area contributed by atoms with Gasteiger partial charge in [0.15, 0.2) is 0 Å². The predicted molar refractivity (Wildman–Crippen MR) is 80.3 cm³/mol. The first-order valence-electron chi connectivity index (χ1n) is 6.46. The van der Waals surface area contributed by atoms with Crippen LogP contribution in [-0.2, 0) is 11.2 Å². The molecule has 2 aromatic heterocycles. The summed E-state index contributed by atoms with van der Waals surface area (Å²) in [6.45, 7) is 6.22. The van der Waals surface area contributed by atoms with Crippen molar-refractivity contribution in [3.8, 4) is 0 Å². The standard InChI is InChI=1S/C14H16N4OS/c1-8(2)18-13-11(7-16-18)9(3)5-10-6-15-14(20(4)19)17-12(10)13/h5-8H,1-4H3. The largest absolute Gasteiger partial charge is 0.609 e. The molecule has 0 bridgehead atoms. The highest BCUT2D eigenvalue weighted by atomic mass is 32.2. The quantitative estimate of drug-likeness (QED) is 0.537. The lowest BCUT2D eigenvalue weighted by Crippen LogP contribution is -2.06. The van der Waals surface area contributed by atoms with Gasteiger partial charge in [0.25, 0.3) is 0 Å². The van der Waals surface area contributed by atoms with E-state index in [-0.39, 0.29) is 6.04 Å². The Morgan fingerprint density at radius 3 is 2.70 bits per heavy atom. The second-order valence-electron chi connectivity index (χ2n) is 5.18. The van der Waals surface area contributed by atoms with Crippen LogP contribution in [-0.4, -0.2) is 30.6 Å². The predicted octanol–water partition coefficient (Wildman–Crippen LogP) is 2.61. The third-order valence-corrected chi connectivity index (χ3v) is 4.07. The lowest BCUT2D eigenvalue weighted by molar-refractivity contribution is 0.551. The Bertz CT molecular complexity index is 795. The monoisotopic (exact) mass is 288 g/mol. The molecule has 6 heteroatoms. The van der Waals surface area contributed by atoms with Crippen LogP contribution in [0.25, 0.3) is 21.8 Å². The van der Waals surface area contributed by atoms with Crippen LogP contribution in [0, 0.1) is 6.92 Å². The molecule has 0 aliphatic rings. The third kappa shape index (κ3) is 1.96. The summed E-state index contributed by atoms with van der Waals surface area (Å²) in [5, 5.41) is 6.85. The molecule has 0 saturated carbocycles. The molecule has 1 atom stereocenters. The smallest absolute Gasteiger partial charge is 0.343 e. The number of aromatic nitrogens is 4. The van der Waals surface area contributed by atoms with Gasteiger partial charge in [0.1, 0.15) is 11.8 Å². The zero-order valence-electron chi connectivity index (χ0n) is 11.9. The fraction of sp³-hybridized carbons (Fsp3) is 0.357. The van der Waals surface area contributed by atoms with Crippen LogP contribution in [0.15, 0.2) is 23.6 Å². The number of rotatable bonds is 2. The maximum Gasteiger partial charge on any atom is 0.343 e. The molecular formula is C14H16N4OS. The van der Waals surface area contributed by atoms with E-state index in [1.165, 1.54) is 0 Å². The summed E-state index contributed by atoms with van der Waals surface area (Å²) in [4.78, 5) is 8.66. The van der Waals surface area contributed by atoms with Crippen molar-refractivity contribution in [3.05, 3.63) is 24.0 Å². The van der Waals surface area contributed by atoms with Crippen LogP contribution in [0.4, 0.5) is 0 Å². The molecule has 5 nitrogen and oxygen atoms in total. The molecule has 0 radical (unpaired) electrons. The van der Waals surface area contributed by atoms with Gasteiger partial charge in [0.05, 0.1) is 11.7 Å². The molecule has 0 N–H and O–H groups in total. The van der Waals surface area contributed by atoms with Crippen LogP contribution >= 0.6 is 0 Å². The SMILES string of the molecule is Cc1cc2cnc([S+](C)[O-])nc2c2c1cnn2C(C)C. The van der Waals surface area contributed by atoms with Gasteiger partial charge in [-0.25, -0.2) is 0 Å². The van der Waals surface area contributed by atoms with E-state index in [4.69, 9.17) is 0 Å². The zero-order chi connectivity index (χ0) is 14.4. The summed E-state index contributed by atoms with van der Waals surface area (Å²) in [6, 6.07) is 2.29. The second-order valence-corrected chi connectivity index (χ2v) is 6.46. The average Bonchev–Trinajstić information content (AvgIpc) is 2.84. The fourth-order valence-corrected chi connectivity index (χ4v) is 2.82. The minimum atomic E-state index is -1.19. The average molecular weight is 288 g/mol. The van der Waals surface area contributed by atoms with Gasteiger partial charge in [-0.3, -0.25) is 4.68 Å². The molecule has 2 heterocycles. The Labute approximate surface area is 120 Å². The van der Waals surface area contributed by atoms with E-state index in [2.05, 4.69) is 35.8 Å². The Morgan fingerprint density at radius 2 is 2.05 bits per heavy atom. The van der Waals surface area contributed by atoms with Crippen molar-refractivity contribution in [1.82, 2.24) is 19.7 Å². The number of aryl methyl sites for hydroxylation is 1. The van der Waals surface area contributed by atoms with Crippen molar-refractivity contribution in [2.45, 2.75) is 32.0 Å². The molecule has 0 aliphatic carbocycles. The first-order valence-corrected chi connectivity index (χ1v) is 8.02. The number of nitrogens with zero attached hydrogens (tertiary/aromatic N) is 4. The van der Waals surface area contributed by atoms with E-state index in [0.29, 0.717) is 5.16 Å². The summed E-state index contributed by atoms with van der Waals surface area (Å²) >= 11 is -1.19. The Morgan fingerprint density at radius 1 is 1.30 bits per heavy atom. The highest BCUT2D eigenvalue weighted by molar-refractivity contribution is 7.90. The summed E-state index contributed by atoms with van der Waals surface area (Å²) in [5.74, 6) is 0. The molecule has 1 unspecified atom stereocenters. The normalized spacial score (nSPS) is 13.5. The van der Waals surface area contributed by atoms with Crippen molar-refractivity contribution in [2.75, 3.05) is 6.26 Å². The van der Waals surface area contributed by atoms with Crippen molar-refractivity contribution >= 4 is 33.0 Å². The first-order chi connectivity index (χ1) is 9.49. The molecular weight excluding hydrogens is 272 g/mol. The van der Waals surface area contributed by atoms with Gasteiger partial charge in [-0.2, -0.15) is 15.1 Å². The molecule has 0 fully saturated rings. The lowest BCUT2D eigenvalue weighted by Gasteiger charge is -2.10. The molecule has 0 amide bonds. The van der Waals surface area contributed by atoms with Crippen molar-refractivity contribution in [2.24, 2.45) is 0 Å². The van der Waals surface area contributed by atoms with Gasteiger partial charge >= 0.3 is 5.16 Å². The molecule has 0 spiro atoms.